The van der Waals surface area contributed by atoms with Gasteiger partial charge in [-0.25, -0.2) is 4.39 Å². The number of likely N-dealkylation sites (N-methyl/N-ethyl adjacent to an activating group) is 1. The van der Waals surface area contributed by atoms with Gasteiger partial charge in [-0.2, -0.15) is 0 Å². The first-order valence-corrected chi connectivity index (χ1v) is 9.33. The quantitative estimate of drug-likeness (QED) is 0.799. The van der Waals surface area contributed by atoms with E-state index in [2.05, 4.69) is 27.5 Å². The van der Waals surface area contributed by atoms with Crippen LogP contribution in [0.3, 0.4) is 0 Å². The molecule has 0 spiro atoms. The average Bonchev–Trinajstić information content (AvgIpc) is 2.69. The Kier molecular flexibility index (Phi) is 6.73. The van der Waals surface area contributed by atoms with Crippen molar-refractivity contribution in [3.05, 3.63) is 65.5 Å². The first kappa shape index (κ1) is 20.0. The molecular formula is C21H25FN4O2. The molecule has 1 heterocycles. The van der Waals surface area contributed by atoms with E-state index in [4.69, 9.17) is 0 Å². The number of anilines is 1. The second kappa shape index (κ2) is 9.43. The number of halogens is 1. The summed E-state index contributed by atoms with van der Waals surface area (Å²) in [5.41, 5.74) is 2.15. The number of benzene rings is 2. The predicted molar refractivity (Wildman–Crippen MR) is 107 cm³/mol. The molecule has 1 aliphatic heterocycles. The highest BCUT2D eigenvalue weighted by Crippen LogP contribution is 2.14. The van der Waals surface area contributed by atoms with Gasteiger partial charge in [-0.05, 0) is 49.0 Å². The molecule has 0 radical (unpaired) electrons. The number of hydrogen-bond acceptors (Lipinski definition) is 4. The van der Waals surface area contributed by atoms with Crippen molar-refractivity contribution < 1.29 is 14.0 Å². The molecule has 6 nitrogen and oxygen atoms in total. The maximum atomic E-state index is 12.9. The second-order valence-electron chi connectivity index (χ2n) is 7.02. The van der Waals surface area contributed by atoms with Gasteiger partial charge < -0.3 is 15.5 Å². The minimum atomic E-state index is -0.418. The van der Waals surface area contributed by atoms with Crippen LogP contribution in [-0.4, -0.2) is 61.4 Å². The third kappa shape index (κ3) is 5.87. The molecule has 2 aromatic carbocycles. The summed E-state index contributed by atoms with van der Waals surface area (Å²) in [5.74, 6) is -1.14. The van der Waals surface area contributed by atoms with Crippen LogP contribution in [0, 0.1) is 5.82 Å². The second-order valence-corrected chi connectivity index (χ2v) is 7.02. The van der Waals surface area contributed by atoms with E-state index in [0.29, 0.717) is 11.3 Å². The summed E-state index contributed by atoms with van der Waals surface area (Å²) in [6, 6.07) is 12.9. The molecule has 7 heteroatoms. The lowest BCUT2D eigenvalue weighted by Crippen LogP contribution is -2.43. The molecular weight excluding hydrogens is 359 g/mol. The summed E-state index contributed by atoms with van der Waals surface area (Å²) in [6.45, 7) is 4.87. The van der Waals surface area contributed by atoms with Gasteiger partial charge in [0.2, 0.25) is 5.91 Å². The molecule has 0 saturated carbocycles. The highest BCUT2D eigenvalue weighted by atomic mass is 19.1. The Hall–Kier alpha value is -2.77. The molecule has 1 saturated heterocycles. The van der Waals surface area contributed by atoms with Crippen LogP contribution in [0.4, 0.5) is 10.1 Å². The number of piperazine rings is 1. The summed E-state index contributed by atoms with van der Waals surface area (Å²) in [5, 5.41) is 5.34. The fraction of sp³-hybridized carbons (Fsp3) is 0.333. The van der Waals surface area contributed by atoms with Gasteiger partial charge in [-0.15, -0.1) is 0 Å². The van der Waals surface area contributed by atoms with Gasteiger partial charge in [0.15, 0.2) is 0 Å². The molecule has 148 valence electrons. The van der Waals surface area contributed by atoms with Crippen LogP contribution >= 0.6 is 0 Å². The molecule has 0 bridgehead atoms. The lowest BCUT2D eigenvalue weighted by Gasteiger charge is -2.32. The fourth-order valence-corrected chi connectivity index (χ4v) is 3.08. The zero-order valence-electron chi connectivity index (χ0n) is 16.0. The Bertz CT molecular complexity index is 817. The van der Waals surface area contributed by atoms with E-state index in [-0.39, 0.29) is 12.5 Å². The first-order valence-electron chi connectivity index (χ1n) is 9.33. The van der Waals surface area contributed by atoms with E-state index in [1.807, 2.05) is 24.3 Å². The molecule has 1 aliphatic rings. The van der Waals surface area contributed by atoms with E-state index in [9.17, 15) is 14.0 Å². The Balaban J connectivity index is 1.48. The Morgan fingerprint density at radius 3 is 2.46 bits per heavy atom. The molecule has 1 fully saturated rings. The van der Waals surface area contributed by atoms with Gasteiger partial charge >= 0.3 is 0 Å². The van der Waals surface area contributed by atoms with Crippen molar-refractivity contribution in [1.82, 2.24) is 15.1 Å². The average molecular weight is 384 g/mol. The summed E-state index contributed by atoms with van der Waals surface area (Å²) < 4.78 is 12.9. The third-order valence-electron chi connectivity index (χ3n) is 4.73. The smallest absolute Gasteiger partial charge is 0.251 e. The van der Waals surface area contributed by atoms with Crippen molar-refractivity contribution in [1.29, 1.82) is 0 Å². The number of amides is 2. The van der Waals surface area contributed by atoms with Crippen molar-refractivity contribution >= 4 is 17.5 Å². The van der Waals surface area contributed by atoms with Crippen molar-refractivity contribution in [3.63, 3.8) is 0 Å². The van der Waals surface area contributed by atoms with Crippen LogP contribution in [0.1, 0.15) is 15.9 Å². The molecule has 3 rings (SSSR count). The van der Waals surface area contributed by atoms with E-state index in [1.165, 1.54) is 24.3 Å². The first-order chi connectivity index (χ1) is 13.5. The summed E-state index contributed by atoms with van der Waals surface area (Å²) >= 11 is 0. The van der Waals surface area contributed by atoms with Gasteiger partial charge in [-0.3, -0.25) is 14.5 Å². The third-order valence-corrected chi connectivity index (χ3v) is 4.73. The molecule has 0 aromatic heterocycles. The molecule has 0 atom stereocenters. The minimum absolute atomic E-state index is 0.154. The molecule has 2 aromatic rings. The zero-order valence-corrected chi connectivity index (χ0v) is 16.0. The molecule has 28 heavy (non-hydrogen) atoms. The van der Waals surface area contributed by atoms with Crippen molar-refractivity contribution in [2.75, 3.05) is 45.1 Å². The maximum absolute atomic E-state index is 12.9. The van der Waals surface area contributed by atoms with E-state index in [0.717, 1.165) is 38.3 Å². The van der Waals surface area contributed by atoms with E-state index < -0.39 is 11.7 Å². The number of nitrogens with zero attached hydrogens (tertiary/aromatic N) is 2. The number of nitrogens with one attached hydrogen (secondary N) is 2. The lowest BCUT2D eigenvalue weighted by molar-refractivity contribution is -0.115. The van der Waals surface area contributed by atoms with Crippen LogP contribution in [0.5, 0.6) is 0 Å². The van der Waals surface area contributed by atoms with Crippen molar-refractivity contribution in [3.8, 4) is 0 Å². The van der Waals surface area contributed by atoms with E-state index in [1.54, 1.807) is 0 Å². The minimum Gasteiger partial charge on any atom is -0.343 e. The zero-order chi connectivity index (χ0) is 19.9. The highest BCUT2D eigenvalue weighted by Gasteiger charge is 2.14. The van der Waals surface area contributed by atoms with Crippen molar-refractivity contribution in [2.45, 2.75) is 6.54 Å². The van der Waals surface area contributed by atoms with Crippen LogP contribution in [0.25, 0.3) is 0 Å². The molecule has 0 aliphatic carbocycles. The fourth-order valence-electron chi connectivity index (χ4n) is 3.08. The summed E-state index contributed by atoms with van der Waals surface area (Å²) in [7, 11) is 2.13. The Morgan fingerprint density at radius 2 is 1.75 bits per heavy atom. The molecule has 2 N–H and O–H groups in total. The van der Waals surface area contributed by atoms with Crippen molar-refractivity contribution in [2.24, 2.45) is 0 Å². The van der Waals surface area contributed by atoms with Crippen LogP contribution in [-0.2, 0) is 11.3 Å². The number of hydrogen-bond donors (Lipinski definition) is 2. The van der Waals surface area contributed by atoms with Gasteiger partial charge in [0.1, 0.15) is 5.82 Å². The van der Waals surface area contributed by atoms with Crippen LogP contribution in [0.2, 0.25) is 0 Å². The maximum Gasteiger partial charge on any atom is 0.251 e. The number of carbonyl (C=O) groups excluding carboxylic acids is 2. The molecule has 0 unspecified atom stereocenters. The van der Waals surface area contributed by atoms with Crippen LogP contribution in [0.15, 0.2) is 48.5 Å². The lowest BCUT2D eigenvalue weighted by atomic mass is 10.1. The Morgan fingerprint density at radius 1 is 1.04 bits per heavy atom. The van der Waals surface area contributed by atoms with Gasteiger partial charge in [0, 0.05) is 44.0 Å². The van der Waals surface area contributed by atoms with Gasteiger partial charge in [0.05, 0.1) is 6.54 Å². The Labute approximate surface area is 164 Å². The predicted octanol–water partition coefficient (Wildman–Crippen LogP) is 1.94. The summed E-state index contributed by atoms with van der Waals surface area (Å²) in [6.07, 6.45) is 0. The number of rotatable bonds is 6. The SMILES string of the molecule is CN1CCN(Cc2cccc(NC(=O)CNC(=O)c3ccc(F)cc3)c2)CC1. The standard InChI is InChI=1S/C21H25FN4O2/c1-25-9-11-26(12-10-25)15-16-3-2-4-19(13-16)24-20(27)14-23-21(28)17-5-7-18(22)8-6-17/h2-8,13H,9-12,14-15H2,1H3,(H,23,28)(H,24,27). The van der Waals surface area contributed by atoms with Gasteiger partial charge in [0.25, 0.3) is 5.91 Å². The normalized spacial score (nSPS) is 15.2. The monoisotopic (exact) mass is 384 g/mol. The van der Waals surface area contributed by atoms with Crippen LogP contribution < -0.4 is 10.6 Å². The number of carbonyl (C=O) groups is 2. The topological polar surface area (TPSA) is 64.7 Å². The summed E-state index contributed by atoms with van der Waals surface area (Å²) in [4.78, 5) is 28.8. The largest absolute Gasteiger partial charge is 0.343 e. The molecule has 2 amide bonds. The van der Waals surface area contributed by atoms with Gasteiger partial charge in [-0.1, -0.05) is 12.1 Å². The van der Waals surface area contributed by atoms with E-state index >= 15 is 0 Å². The highest BCUT2D eigenvalue weighted by molar-refractivity contribution is 5.99.